The molecule has 0 aliphatic heterocycles. The van der Waals surface area contributed by atoms with Crippen LogP contribution in [0.1, 0.15) is 10.4 Å². The molecule has 0 fully saturated rings. The van der Waals surface area contributed by atoms with Gasteiger partial charge in [-0.1, -0.05) is 12.1 Å². The molecule has 1 N–H and O–H groups in total. The molecule has 25 heavy (non-hydrogen) atoms. The molecule has 1 amide bonds. The Kier molecular flexibility index (Phi) is 6.16. The van der Waals surface area contributed by atoms with Gasteiger partial charge in [0.2, 0.25) is 0 Å². The molecule has 0 atom stereocenters. The van der Waals surface area contributed by atoms with Gasteiger partial charge in [0.1, 0.15) is 17.4 Å². The number of esters is 1. The van der Waals surface area contributed by atoms with Gasteiger partial charge in [-0.05, 0) is 24.3 Å². The van der Waals surface area contributed by atoms with E-state index in [1.54, 1.807) is 12.1 Å². The van der Waals surface area contributed by atoms with E-state index in [0.717, 1.165) is 12.1 Å². The quantitative estimate of drug-likeness (QED) is 0.613. The van der Waals surface area contributed by atoms with Gasteiger partial charge in [-0.15, -0.1) is 0 Å². The SMILES string of the molecule is O=Cc1ccccc1OCC(=O)OCC(=O)Nc1ccc(F)cc1F. The number of nitrogens with one attached hydrogen (secondary N) is 1. The summed E-state index contributed by atoms with van der Waals surface area (Å²) >= 11 is 0. The molecule has 0 aliphatic rings. The molecule has 130 valence electrons. The monoisotopic (exact) mass is 349 g/mol. The first-order valence-corrected chi connectivity index (χ1v) is 7.07. The average Bonchev–Trinajstić information content (AvgIpc) is 2.60. The molecule has 6 nitrogen and oxygen atoms in total. The van der Waals surface area contributed by atoms with Crippen molar-refractivity contribution in [1.82, 2.24) is 0 Å². The van der Waals surface area contributed by atoms with E-state index in [-0.39, 0.29) is 17.0 Å². The van der Waals surface area contributed by atoms with Gasteiger partial charge in [-0.2, -0.15) is 0 Å². The highest BCUT2D eigenvalue weighted by molar-refractivity contribution is 5.93. The normalized spacial score (nSPS) is 10.0. The smallest absolute Gasteiger partial charge is 0.344 e. The number of para-hydroxylation sites is 1. The van der Waals surface area contributed by atoms with Crippen LogP contribution in [-0.2, 0) is 14.3 Å². The summed E-state index contributed by atoms with van der Waals surface area (Å²) in [6.07, 6.45) is 0.575. The van der Waals surface area contributed by atoms with Crippen LogP contribution >= 0.6 is 0 Å². The number of anilines is 1. The van der Waals surface area contributed by atoms with Crippen molar-refractivity contribution in [2.75, 3.05) is 18.5 Å². The van der Waals surface area contributed by atoms with Crippen molar-refractivity contribution in [1.29, 1.82) is 0 Å². The molecule has 0 radical (unpaired) electrons. The maximum atomic E-state index is 13.4. The van der Waals surface area contributed by atoms with Crippen LogP contribution in [-0.4, -0.2) is 31.4 Å². The number of carbonyl (C=O) groups is 3. The number of hydrogen-bond acceptors (Lipinski definition) is 5. The van der Waals surface area contributed by atoms with Crippen LogP contribution in [0.15, 0.2) is 42.5 Å². The minimum Gasteiger partial charge on any atom is -0.481 e. The lowest BCUT2D eigenvalue weighted by Crippen LogP contribution is -2.24. The molecule has 0 aliphatic carbocycles. The number of benzene rings is 2. The third-order valence-corrected chi connectivity index (χ3v) is 2.96. The Morgan fingerprint density at radius 3 is 2.56 bits per heavy atom. The average molecular weight is 349 g/mol. The van der Waals surface area contributed by atoms with E-state index >= 15 is 0 Å². The Hall–Kier alpha value is -3.29. The van der Waals surface area contributed by atoms with Crippen LogP contribution in [0, 0.1) is 11.6 Å². The molecular weight excluding hydrogens is 336 g/mol. The maximum Gasteiger partial charge on any atom is 0.344 e. The fourth-order valence-corrected chi connectivity index (χ4v) is 1.81. The van der Waals surface area contributed by atoms with Crippen LogP contribution in [0.2, 0.25) is 0 Å². The van der Waals surface area contributed by atoms with E-state index in [1.807, 2.05) is 0 Å². The Balaban J connectivity index is 1.79. The second kappa shape index (κ2) is 8.53. The lowest BCUT2D eigenvalue weighted by Gasteiger charge is -2.09. The predicted octanol–water partition coefficient (Wildman–Crippen LogP) is 2.34. The minimum atomic E-state index is -0.950. The predicted molar refractivity (Wildman–Crippen MR) is 83.3 cm³/mol. The third kappa shape index (κ3) is 5.38. The van der Waals surface area contributed by atoms with Gasteiger partial charge in [0, 0.05) is 6.07 Å². The minimum absolute atomic E-state index is 0.201. The molecule has 0 saturated heterocycles. The van der Waals surface area contributed by atoms with Crippen LogP contribution in [0.3, 0.4) is 0 Å². The van der Waals surface area contributed by atoms with Gasteiger partial charge in [0.15, 0.2) is 19.5 Å². The summed E-state index contributed by atoms with van der Waals surface area (Å²) in [5.41, 5.74) is 0.0263. The topological polar surface area (TPSA) is 81.7 Å². The van der Waals surface area contributed by atoms with Gasteiger partial charge < -0.3 is 14.8 Å². The molecule has 0 aromatic heterocycles. The summed E-state index contributed by atoms with van der Waals surface area (Å²) in [5.74, 6) is -3.18. The van der Waals surface area contributed by atoms with Gasteiger partial charge in [0.25, 0.3) is 5.91 Å². The molecule has 0 unspecified atom stereocenters. The molecule has 0 spiro atoms. The molecule has 0 heterocycles. The fraction of sp³-hybridized carbons (Fsp3) is 0.118. The standard InChI is InChI=1S/C17H13F2NO5/c18-12-5-6-14(13(19)7-12)20-16(22)9-25-17(23)10-24-15-4-2-1-3-11(15)8-21/h1-8H,9-10H2,(H,20,22). The number of rotatable bonds is 7. The Bertz CT molecular complexity index is 794. The number of hydrogen-bond donors (Lipinski definition) is 1. The fourth-order valence-electron chi connectivity index (χ4n) is 1.81. The molecule has 0 bridgehead atoms. The summed E-state index contributed by atoms with van der Waals surface area (Å²) in [6, 6.07) is 8.90. The first-order chi connectivity index (χ1) is 12.0. The van der Waals surface area contributed by atoms with Crippen molar-refractivity contribution < 1.29 is 32.6 Å². The number of ether oxygens (including phenoxy) is 2. The highest BCUT2D eigenvalue weighted by Gasteiger charge is 2.12. The summed E-state index contributed by atoms with van der Waals surface area (Å²) in [7, 11) is 0. The van der Waals surface area contributed by atoms with E-state index in [1.165, 1.54) is 12.1 Å². The van der Waals surface area contributed by atoms with Crippen molar-refractivity contribution in [2.45, 2.75) is 0 Å². The summed E-state index contributed by atoms with van der Waals surface area (Å²) in [4.78, 5) is 33.9. The Labute approximate surface area is 141 Å². The Morgan fingerprint density at radius 1 is 1.08 bits per heavy atom. The van der Waals surface area contributed by atoms with Crippen LogP contribution in [0.4, 0.5) is 14.5 Å². The van der Waals surface area contributed by atoms with Gasteiger partial charge in [-0.25, -0.2) is 13.6 Å². The van der Waals surface area contributed by atoms with Crippen LogP contribution < -0.4 is 10.1 Å². The number of aldehydes is 1. The molecule has 2 rings (SSSR count). The highest BCUT2D eigenvalue weighted by atomic mass is 19.1. The van der Waals surface area contributed by atoms with Crippen molar-refractivity contribution in [2.24, 2.45) is 0 Å². The maximum absolute atomic E-state index is 13.4. The molecule has 8 heteroatoms. The van der Waals surface area contributed by atoms with Crippen molar-refractivity contribution in [3.8, 4) is 5.75 Å². The van der Waals surface area contributed by atoms with Crippen molar-refractivity contribution in [3.63, 3.8) is 0 Å². The zero-order valence-electron chi connectivity index (χ0n) is 12.8. The highest BCUT2D eigenvalue weighted by Crippen LogP contribution is 2.16. The second-order valence-electron chi connectivity index (χ2n) is 4.78. The summed E-state index contributed by atoms with van der Waals surface area (Å²) < 4.78 is 35.9. The van der Waals surface area contributed by atoms with Gasteiger partial charge in [-0.3, -0.25) is 9.59 Å². The zero-order chi connectivity index (χ0) is 18.2. The number of halogens is 2. The van der Waals surface area contributed by atoms with E-state index in [9.17, 15) is 23.2 Å². The lowest BCUT2D eigenvalue weighted by molar-refractivity contribution is -0.149. The largest absolute Gasteiger partial charge is 0.481 e. The molecule has 0 saturated carbocycles. The van der Waals surface area contributed by atoms with Crippen LogP contribution in [0.5, 0.6) is 5.75 Å². The van der Waals surface area contributed by atoms with Crippen LogP contribution in [0.25, 0.3) is 0 Å². The first-order valence-electron chi connectivity index (χ1n) is 7.07. The third-order valence-electron chi connectivity index (χ3n) is 2.96. The number of amides is 1. The summed E-state index contributed by atoms with van der Waals surface area (Å²) in [5, 5.41) is 2.14. The second-order valence-corrected chi connectivity index (χ2v) is 4.78. The molecule has 2 aromatic carbocycles. The van der Waals surface area contributed by atoms with E-state index in [4.69, 9.17) is 4.74 Å². The first kappa shape index (κ1) is 18.1. The van der Waals surface area contributed by atoms with E-state index < -0.39 is 36.7 Å². The Morgan fingerprint density at radius 2 is 1.84 bits per heavy atom. The van der Waals surface area contributed by atoms with E-state index in [0.29, 0.717) is 12.4 Å². The van der Waals surface area contributed by atoms with Gasteiger partial charge in [0.05, 0.1) is 11.3 Å². The van der Waals surface area contributed by atoms with E-state index in [2.05, 4.69) is 10.1 Å². The van der Waals surface area contributed by atoms with Crippen molar-refractivity contribution in [3.05, 3.63) is 59.7 Å². The lowest BCUT2D eigenvalue weighted by atomic mass is 10.2. The van der Waals surface area contributed by atoms with Crippen molar-refractivity contribution >= 4 is 23.9 Å². The molecule has 2 aromatic rings. The number of carbonyl (C=O) groups excluding carboxylic acids is 3. The molecular formula is C17H13F2NO5. The zero-order valence-corrected chi connectivity index (χ0v) is 12.8. The van der Waals surface area contributed by atoms with Gasteiger partial charge >= 0.3 is 5.97 Å². The summed E-state index contributed by atoms with van der Waals surface area (Å²) in [6.45, 7) is -1.18.